The van der Waals surface area contributed by atoms with Gasteiger partial charge in [-0.25, -0.2) is 0 Å². The average molecular weight is 362 g/mol. The molecule has 1 fully saturated rings. The molecule has 27 heavy (non-hydrogen) atoms. The molecule has 0 amide bonds. The second-order valence-corrected chi connectivity index (χ2v) is 7.72. The predicted molar refractivity (Wildman–Crippen MR) is 108 cm³/mol. The molecule has 0 aromatic heterocycles. The molecule has 0 spiro atoms. The minimum atomic E-state index is -0.663. The molecule has 1 saturated heterocycles. The molecular formula is C24H26O3. The zero-order valence-electron chi connectivity index (χ0n) is 16.1. The molecule has 3 heteroatoms. The van der Waals surface area contributed by atoms with Gasteiger partial charge >= 0.3 is 0 Å². The van der Waals surface area contributed by atoms with Crippen molar-refractivity contribution in [2.75, 3.05) is 6.61 Å². The fourth-order valence-corrected chi connectivity index (χ4v) is 2.91. The van der Waals surface area contributed by atoms with Gasteiger partial charge in [-0.15, -0.1) is 0 Å². The Morgan fingerprint density at radius 2 is 1.78 bits per heavy atom. The summed E-state index contributed by atoms with van der Waals surface area (Å²) in [4.78, 5) is 0. The van der Waals surface area contributed by atoms with Crippen molar-refractivity contribution in [2.24, 2.45) is 0 Å². The van der Waals surface area contributed by atoms with Crippen LogP contribution in [0.1, 0.15) is 31.9 Å². The SMILES string of the molecule is CC(C)(C)c1ccc(OC2C(O)COC2/C=C/C#Cc2ccccc2)cc1. The number of aliphatic hydroxyl groups excluding tert-OH is 1. The maximum atomic E-state index is 10.2. The molecule has 3 unspecified atom stereocenters. The van der Waals surface area contributed by atoms with Gasteiger partial charge in [-0.2, -0.15) is 0 Å². The first kappa shape index (κ1) is 19.2. The van der Waals surface area contributed by atoms with E-state index in [0.29, 0.717) is 0 Å². The Labute approximate surface area is 161 Å². The minimum absolute atomic E-state index is 0.0945. The third-order valence-electron chi connectivity index (χ3n) is 4.51. The van der Waals surface area contributed by atoms with Crippen LogP contribution in [0.25, 0.3) is 0 Å². The van der Waals surface area contributed by atoms with E-state index in [-0.39, 0.29) is 18.1 Å². The van der Waals surface area contributed by atoms with E-state index in [0.717, 1.165) is 11.3 Å². The monoisotopic (exact) mass is 362 g/mol. The van der Waals surface area contributed by atoms with E-state index in [9.17, 15) is 5.11 Å². The van der Waals surface area contributed by atoms with Gasteiger partial charge < -0.3 is 14.6 Å². The van der Waals surface area contributed by atoms with Crippen molar-refractivity contribution < 1.29 is 14.6 Å². The fourth-order valence-electron chi connectivity index (χ4n) is 2.91. The molecule has 2 aromatic rings. The van der Waals surface area contributed by atoms with Crippen molar-refractivity contribution in [1.82, 2.24) is 0 Å². The van der Waals surface area contributed by atoms with Crippen LogP contribution in [0.15, 0.2) is 66.7 Å². The van der Waals surface area contributed by atoms with Crippen LogP contribution in [-0.4, -0.2) is 30.0 Å². The van der Waals surface area contributed by atoms with Gasteiger partial charge in [-0.3, -0.25) is 0 Å². The second kappa shape index (κ2) is 8.43. The van der Waals surface area contributed by atoms with Gasteiger partial charge in [0.2, 0.25) is 0 Å². The summed E-state index contributed by atoms with van der Waals surface area (Å²) in [6, 6.07) is 17.8. The normalized spacial score (nSPS) is 22.4. The molecule has 0 aliphatic carbocycles. The minimum Gasteiger partial charge on any atom is -0.485 e. The van der Waals surface area contributed by atoms with Crippen molar-refractivity contribution in [3.8, 4) is 17.6 Å². The van der Waals surface area contributed by atoms with Gasteiger partial charge in [0, 0.05) is 5.56 Å². The Hall–Kier alpha value is -2.54. The lowest BCUT2D eigenvalue weighted by molar-refractivity contribution is 0.0610. The summed E-state index contributed by atoms with van der Waals surface area (Å²) in [6.07, 6.45) is 2.17. The van der Waals surface area contributed by atoms with E-state index in [1.165, 1.54) is 5.56 Å². The summed E-state index contributed by atoms with van der Waals surface area (Å²) in [7, 11) is 0. The lowest BCUT2D eigenvalue weighted by Crippen LogP contribution is -2.35. The number of benzene rings is 2. The summed E-state index contributed by atoms with van der Waals surface area (Å²) in [5.74, 6) is 6.80. The molecule has 140 valence electrons. The first-order chi connectivity index (χ1) is 12.9. The Morgan fingerprint density at radius 1 is 1.07 bits per heavy atom. The number of allylic oxidation sites excluding steroid dienone is 1. The number of ether oxygens (including phenoxy) is 2. The van der Waals surface area contributed by atoms with Crippen molar-refractivity contribution in [2.45, 2.75) is 44.5 Å². The van der Waals surface area contributed by atoms with E-state index in [1.807, 2.05) is 48.5 Å². The summed E-state index contributed by atoms with van der Waals surface area (Å²) >= 11 is 0. The van der Waals surface area contributed by atoms with E-state index < -0.39 is 12.2 Å². The lowest BCUT2D eigenvalue weighted by atomic mass is 9.87. The highest BCUT2D eigenvalue weighted by Crippen LogP contribution is 2.27. The Bertz CT molecular complexity index is 820. The molecule has 1 aliphatic rings. The van der Waals surface area contributed by atoms with Crippen LogP contribution in [0, 0.1) is 11.8 Å². The largest absolute Gasteiger partial charge is 0.485 e. The molecule has 0 saturated carbocycles. The molecule has 3 atom stereocenters. The van der Waals surface area contributed by atoms with Crippen LogP contribution in [0.2, 0.25) is 0 Å². The Kier molecular flexibility index (Phi) is 6.01. The Morgan fingerprint density at radius 3 is 2.44 bits per heavy atom. The van der Waals surface area contributed by atoms with E-state index in [4.69, 9.17) is 9.47 Å². The number of hydrogen-bond donors (Lipinski definition) is 1. The highest BCUT2D eigenvalue weighted by Gasteiger charge is 2.36. The smallest absolute Gasteiger partial charge is 0.156 e. The summed E-state index contributed by atoms with van der Waals surface area (Å²) < 4.78 is 11.7. The van der Waals surface area contributed by atoms with Crippen molar-refractivity contribution in [3.05, 3.63) is 77.9 Å². The lowest BCUT2D eigenvalue weighted by Gasteiger charge is -2.22. The highest BCUT2D eigenvalue weighted by atomic mass is 16.6. The maximum absolute atomic E-state index is 10.2. The third-order valence-corrected chi connectivity index (χ3v) is 4.51. The second-order valence-electron chi connectivity index (χ2n) is 7.72. The molecule has 1 aliphatic heterocycles. The summed E-state index contributed by atoms with van der Waals surface area (Å²) in [5.41, 5.74) is 2.30. The van der Waals surface area contributed by atoms with Crippen LogP contribution in [0.5, 0.6) is 5.75 Å². The molecule has 3 nitrogen and oxygen atoms in total. The van der Waals surface area contributed by atoms with Crippen LogP contribution < -0.4 is 4.74 Å². The van der Waals surface area contributed by atoms with Gasteiger partial charge in [-0.1, -0.05) is 62.9 Å². The van der Waals surface area contributed by atoms with Crippen molar-refractivity contribution in [1.29, 1.82) is 0 Å². The molecule has 3 rings (SSSR count). The van der Waals surface area contributed by atoms with Gasteiger partial charge in [0.05, 0.1) is 6.61 Å². The zero-order valence-corrected chi connectivity index (χ0v) is 16.1. The fraction of sp³-hybridized carbons (Fsp3) is 0.333. The molecule has 1 heterocycles. The van der Waals surface area contributed by atoms with Gasteiger partial charge in [0.25, 0.3) is 0 Å². The number of hydrogen-bond acceptors (Lipinski definition) is 3. The first-order valence-corrected chi connectivity index (χ1v) is 9.23. The average Bonchev–Trinajstić information content (AvgIpc) is 2.99. The van der Waals surface area contributed by atoms with Gasteiger partial charge in [-0.05, 0) is 47.4 Å². The summed E-state index contributed by atoms with van der Waals surface area (Å²) in [6.45, 7) is 6.78. The van der Waals surface area contributed by atoms with E-state index in [1.54, 1.807) is 6.08 Å². The highest BCUT2D eigenvalue weighted by molar-refractivity contribution is 5.37. The van der Waals surface area contributed by atoms with E-state index in [2.05, 4.69) is 44.7 Å². The first-order valence-electron chi connectivity index (χ1n) is 9.23. The standard InChI is InChI=1S/C24H26O3/c1-24(2,3)19-13-15-20(16-14-19)27-23-21(25)17-26-22(23)12-8-7-11-18-9-5-4-6-10-18/h4-6,8-10,12-16,21-23,25H,17H2,1-3H3/b12-8+. The molecule has 0 bridgehead atoms. The van der Waals surface area contributed by atoms with E-state index >= 15 is 0 Å². The summed E-state index contributed by atoms with van der Waals surface area (Å²) in [5, 5.41) is 10.2. The maximum Gasteiger partial charge on any atom is 0.156 e. The van der Waals surface area contributed by atoms with Crippen LogP contribution in [0.3, 0.4) is 0 Å². The van der Waals surface area contributed by atoms with Gasteiger partial charge in [0.15, 0.2) is 6.10 Å². The molecular weight excluding hydrogens is 336 g/mol. The van der Waals surface area contributed by atoms with Crippen molar-refractivity contribution in [3.63, 3.8) is 0 Å². The zero-order chi connectivity index (χ0) is 19.3. The molecule has 2 aromatic carbocycles. The quantitative estimate of drug-likeness (QED) is 0.836. The topological polar surface area (TPSA) is 38.7 Å². The van der Waals surface area contributed by atoms with Crippen LogP contribution in [-0.2, 0) is 10.2 Å². The van der Waals surface area contributed by atoms with Crippen LogP contribution >= 0.6 is 0 Å². The van der Waals surface area contributed by atoms with Crippen LogP contribution in [0.4, 0.5) is 0 Å². The Balaban J connectivity index is 1.65. The third kappa shape index (κ3) is 5.23. The van der Waals surface area contributed by atoms with Crippen molar-refractivity contribution >= 4 is 0 Å². The number of aliphatic hydroxyl groups is 1. The molecule has 0 radical (unpaired) electrons. The predicted octanol–water partition coefficient (Wildman–Crippen LogP) is 4.10. The van der Waals surface area contributed by atoms with Gasteiger partial charge in [0.1, 0.15) is 18.0 Å². The molecule has 1 N–H and O–H groups in total. The number of rotatable bonds is 3.